The van der Waals surface area contributed by atoms with Crippen LogP contribution in [-0.2, 0) is 0 Å². The fourth-order valence-corrected chi connectivity index (χ4v) is 2.49. The average Bonchev–Trinajstić information content (AvgIpc) is 3.09. The van der Waals surface area contributed by atoms with Gasteiger partial charge in [0.15, 0.2) is 5.78 Å². The first-order valence-electron chi connectivity index (χ1n) is 7.91. The lowest BCUT2D eigenvalue weighted by atomic mass is 10.1. The van der Waals surface area contributed by atoms with E-state index in [9.17, 15) is 4.79 Å². The van der Waals surface area contributed by atoms with Gasteiger partial charge in [0.2, 0.25) is 0 Å². The zero-order valence-electron chi connectivity index (χ0n) is 14.1. The monoisotopic (exact) mass is 320 g/mol. The van der Waals surface area contributed by atoms with Gasteiger partial charge in [-0.05, 0) is 54.5 Å². The molecule has 122 valence electrons. The first-order valence-corrected chi connectivity index (χ1v) is 7.91. The van der Waals surface area contributed by atoms with Crippen molar-refractivity contribution in [3.8, 4) is 5.75 Å². The van der Waals surface area contributed by atoms with Gasteiger partial charge in [-0.15, -0.1) is 0 Å². The summed E-state index contributed by atoms with van der Waals surface area (Å²) < 4.78 is 7.01. The third-order valence-electron chi connectivity index (χ3n) is 3.91. The Morgan fingerprint density at radius 1 is 1.17 bits per heavy atom. The van der Waals surface area contributed by atoms with E-state index >= 15 is 0 Å². The van der Waals surface area contributed by atoms with E-state index in [1.54, 1.807) is 30.3 Å². The summed E-state index contributed by atoms with van der Waals surface area (Å²) in [4.78, 5) is 12.2. The number of methoxy groups -OCH3 is 1. The summed E-state index contributed by atoms with van der Waals surface area (Å²) >= 11 is 0. The Kier molecular flexibility index (Phi) is 4.47. The van der Waals surface area contributed by atoms with Gasteiger partial charge >= 0.3 is 0 Å². The van der Waals surface area contributed by atoms with Crippen molar-refractivity contribution >= 4 is 22.6 Å². The molecular formula is C20H20N2O2. The fraction of sp³-hybridized carbons (Fsp3) is 0.200. The molecule has 0 amide bonds. The van der Waals surface area contributed by atoms with Crippen LogP contribution in [0.3, 0.4) is 0 Å². The number of nitrogens with zero attached hydrogens (tertiary/aromatic N) is 2. The smallest absolute Gasteiger partial charge is 0.189 e. The molecule has 4 nitrogen and oxygen atoms in total. The number of hydrogen-bond acceptors (Lipinski definition) is 3. The number of allylic oxidation sites excluding steroid dienone is 1. The lowest BCUT2D eigenvalue weighted by Crippen LogP contribution is -2.00. The highest BCUT2D eigenvalue weighted by atomic mass is 16.5. The van der Waals surface area contributed by atoms with Crippen LogP contribution in [0.25, 0.3) is 16.8 Å². The van der Waals surface area contributed by atoms with Crippen molar-refractivity contribution in [2.75, 3.05) is 7.11 Å². The van der Waals surface area contributed by atoms with Crippen molar-refractivity contribution in [3.05, 3.63) is 66.0 Å². The number of carbonyl (C=O) groups is 1. The van der Waals surface area contributed by atoms with E-state index in [-0.39, 0.29) is 11.8 Å². The Labute approximate surface area is 141 Å². The number of hydrogen-bond donors (Lipinski definition) is 0. The molecule has 0 unspecified atom stereocenters. The van der Waals surface area contributed by atoms with Crippen LogP contribution in [0.15, 0.2) is 54.9 Å². The molecule has 4 heteroatoms. The second kappa shape index (κ2) is 6.71. The lowest BCUT2D eigenvalue weighted by molar-refractivity contribution is 0.104. The normalized spacial score (nSPS) is 11.5. The van der Waals surface area contributed by atoms with E-state index in [1.807, 2.05) is 50.3 Å². The summed E-state index contributed by atoms with van der Waals surface area (Å²) in [6, 6.07) is 12.3. The maximum atomic E-state index is 12.2. The van der Waals surface area contributed by atoms with Crippen LogP contribution >= 0.6 is 0 Å². The summed E-state index contributed by atoms with van der Waals surface area (Å²) in [5.74, 6) is 0.792. The molecule has 0 saturated carbocycles. The van der Waals surface area contributed by atoms with Crippen molar-refractivity contribution < 1.29 is 9.53 Å². The Morgan fingerprint density at radius 3 is 2.62 bits per heavy atom. The van der Waals surface area contributed by atoms with Gasteiger partial charge in [0.1, 0.15) is 5.75 Å². The van der Waals surface area contributed by atoms with Gasteiger partial charge in [0.05, 0.1) is 18.9 Å². The minimum absolute atomic E-state index is 0.0447. The number of ether oxygens (including phenoxy) is 1. The quantitative estimate of drug-likeness (QED) is 0.513. The van der Waals surface area contributed by atoms with Crippen molar-refractivity contribution in [1.29, 1.82) is 0 Å². The number of fused-ring (bicyclic) bond motifs is 1. The average molecular weight is 320 g/mol. The van der Waals surface area contributed by atoms with Gasteiger partial charge in [-0.2, -0.15) is 5.10 Å². The molecule has 24 heavy (non-hydrogen) atoms. The largest absolute Gasteiger partial charge is 0.497 e. The number of aromatic nitrogens is 2. The van der Waals surface area contributed by atoms with E-state index in [0.29, 0.717) is 5.56 Å². The predicted molar refractivity (Wildman–Crippen MR) is 96.5 cm³/mol. The topological polar surface area (TPSA) is 44.1 Å². The Morgan fingerprint density at radius 2 is 1.92 bits per heavy atom. The van der Waals surface area contributed by atoms with Crippen molar-refractivity contribution in [2.45, 2.75) is 19.9 Å². The highest BCUT2D eigenvalue weighted by Crippen LogP contribution is 2.22. The summed E-state index contributed by atoms with van der Waals surface area (Å²) in [6.45, 7) is 4.06. The maximum Gasteiger partial charge on any atom is 0.189 e. The Hall–Kier alpha value is -2.88. The Balaban J connectivity index is 1.80. The second-order valence-corrected chi connectivity index (χ2v) is 5.97. The van der Waals surface area contributed by atoms with E-state index in [4.69, 9.17) is 4.74 Å². The molecule has 0 aliphatic heterocycles. The van der Waals surface area contributed by atoms with Gasteiger partial charge in [-0.3, -0.25) is 9.48 Å². The molecular weight excluding hydrogens is 300 g/mol. The van der Waals surface area contributed by atoms with E-state index in [1.165, 1.54) is 0 Å². The van der Waals surface area contributed by atoms with Crippen LogP contribution in [0.2, 0.25) is 0 Å². The summed E-state index contributed by atoms with van der Waals surface area (Å²) in [6.07, 6.45) is 6.81. The van der Waals surface area contributed by atoms with Gasteiger partial charge in [0.25, 0.3) is 0 Å². The van der Waals surface area contributed by atoms with Gasteiger partial charge < -0.3 is 4.74 Å². The van der Waals surface area contributed by atoms with Gasteiger partial charge in [-0.25, -0.2) is 0 Å². The van der Waals surface area contributed by atoms with Gasteiger partial charge in [0, 0.05) is 12.2 Å². The number of ketones is 1. The van der Waals surface area contributed by atoms with E-state index in [2.05, 4.69) is 11.2 Å². The molecule has 0 saturated heterocycles. The van der Waals surface area contributed by atoms with E-state index < -0.39 is 0 Å². The van der Waals surface area contributed by atoms with E-state index in [0.717, 1.165) is 22.1 Å². The SMILES string of the molecule is COc1ccc2cc(C=CC(=O)c3cnn(C(C)C)c3)ccc2c1. The maximum absolute atomic E-state index is 12.2. The predicted octanol–water partition coefficient (Wildman–Crippen LogP) is 4.52. The third kappa shape index (κ3) is 3.38. The Bertz CT molecular complexity index is 907. The molecule has 3 aromatic rings. The number of rotatable bonds is 5. The molecule has 0 aliphatic carbocycles. The molecule has 0 N–H and O–H groups in total. The highest BCUT2D eigenvalue weighted by Gasteiger charge is 2.07. The van der Waals surface area contributed by atoms with Crippen LogP contribution < -0.4 is 4.74 Å². The minimum Gasteiger partial charge on any atom is -0.497 e. The van der Waals surface area contributed by atoms with Crippen LogP contribution in [-0.4, -0.2) is 22.7 Å². The molecule has 0 bridgehead atoms. The number of benzene rings is 2. The van der Waals surface area contributed by atoms with Crippen LogP contribution in [0.1, 0.15) is 35.8 Å². The molecule has 0 atom stereocenters. The van der Waals surface area contributed by atoms with Crippen LogP contribution in [0.4, 0.5) is 0 Å². The molecule has 0 aliphatic rings. The van der Waals surface area contributed by atoms with Crippen molar-refractivity contribution in [1.82, 2.24) is 9.78 Å². The lowest BCUT2D eigenvalue weighted by Gasteiger charge is -2.03. The minimum atomic E-state index is -0.0447. The second-order valence-electron chi connectivity index (χ2n) is 5.97. The van der Waals surface area contributed by atoms with Crippen molar-refractivity contribution in [3.63, 3.8) is 0 Å². The first-order chi connectivity index (χ1) is 11.6. The van der Waals surface area contributed by atoms with Gasteiger partial charge in [-0.1, -0.05) is 24.3 Å². The summed E-state index contributed by atoms with van der Waals surface area (Å²) in [5, 5.41) is 6.42. The zero-order valence-corrected chi connectivity index (χ0v) is 14.1. The third-order valence-corrected chi connectivity index (χ3v) is 3.91. The molecule has 2 aromatic carbocycles. The van der Waals surface area contributed by atoms with Crippen LogP contribution in [0.5, 0.6) is 5.75 Å². The molecule has 0 fully saturated rings. The molecule has 1 heterocycles. The molecule has 1 aromatic heterocycles. The standard InChI is InChI=1S/C20H20N2O2/c1-14(2)22-13-18(12-21-22)20(23)9-5-15-4-6-17-11-19(24-3)8-7-16(17)10-15/h4-14H,1-3H3. The van der Waals surface area contributed by atoms with Crippen molar-refractivity contribution in [2.24, 2.45) is 0 Å². The fourth-order valence-electron chi connectivity index (χ4n) is 2.49. The summed E-state index contributed by atoms with van der Waals surface area (Å²) in [5.41, 5.74) is 1.59. The zero-order chi connectivity index (χ0) is 17.1. The van der Waals surface area contributed by atoms with Crippen LogP contribution in [0, 0.1) is 0 Å². The number of carbonyl (C=O) groups excluding carboxylic acids is 1. The summed E-state index contributed by atoms with van der Waals surface area (Å²) in [7, 11) is 1.66. The molecule has 3 rings (SSSR count). The first kappa shape index (κ1) is 16.0. The highest BCUT2D eigenvalue weighted by molar-refractivity contribution is 6.06. The molecule has 0 spiro atoms. The molecule has 0 radical (unpaired) electrons.